The topological polar surface area (TPSA) is 51.4 Å². The number of nitrogens with zero attached hydrogens (tertiary/aromatic N) is 2. The van der Waals surface area contributed by atoms with Gasteiger partial charge in [0.2, 0.25) is 0 Å². The molecule has 2 N–H and O–H groups in total. The number of carbonyl (C=O) groups excluding carboxylic acids is 1. The first-order valence-corrected chi connectivity index (χ1v) is 8.42. The van der Waals surface area contributed by atoms with Crippen molar-refractivity contribution in [2.75, 3.05) is 25.0 Å². The van der Waals surface area contributed by atoms with E-state index in [1.54, 1.807) is 4.68 Å². The summed E-state index contributed by atoms with van der Waals surface area (Å²) in [6, 6.07) is 10.5. The van der Waals surface area contributed by atoms with Crippen LogP contribution in [-0.4, -0.2) is 35.3 Å². The third-order valence-electron chi connectivity index (χ3n) is 4.71. The molecular weight excluding hydrogens is 300 g/mol. The molecule has 5 nitrogen and oxygen atoms in total. The van der Waals surface area contributed by atoms with Gasteiger partial charge in [-0.2, -0.15) is 5.10 Å². The number of aryl methyl sites for hydroxylation is 2. The molecule has 1 aliphatic heterocycles. The van der Waals surface area contributed by atoms with Crippen LogP contribution < -0.4 is 10.2 Å². The van der Waals surface area contributed by atoms with E-state index < -0.39 is 0 Å². The monoisotopic (exact) mass is 325 g/mol. The molecule has 2 aromatic rings. The summed E-state index contributed by atoms with van der Waals surface area (Å²) in [5.41, 5.74) is 5.38. The Bertz CT molecular complexity index is 761. The van der Waals surface area contributed by atoms with E-state index in [1.807, 2.05) is 27.0 Å². The van der Waals surface area contributed by atoms with Crippen molar-refractivity contribution >= 4 is 17.2 Å². The molecule has 0 fully saturated rings. The summed E-state index contributed by atoms with van der Waals surface area (Å²) in [7, 11) is 1.89. The van der Waals surface area contributed by atoms with E-state index >= 15 is 0 Å². The zero-order chi connectivity index (χ0) is 17.1. The summed E-state index contributed by atoms with van der Waals surface area (Å²) in [5, 5.41) is 7.37. The average Bonchev–Trinajstić information content (AvgIpc) is 2.82. The molecule has 126 valence electrons. The minimum absolute atomic E-state index is 0.0563. The van der Waals surface area contributed by atoms with Gasteiger partial charge in [0.05, 0.1) is 30.2 Å². The zero-order valence-corrected chi connectivity index (χ0v) is 14.6. The molecule has 1 aromatic heterocycles. The Hall–Kier alpha value is -2.40. The molecule has 0 spiro atoms. The van der Waals surface area contributed by atoms with Crippen LogP contribution in [0, 0.1) is 13.8 Å². The highest BCUT2D eigenvalue weighted by molar-refractivity contribution is 5.92. The van der Waals surface area contributed by atoms with Crippen molar-refractivity contribution in [1.29, 1.82) is 0 Å². The Kier molecular flexibility index (Phi) is 4.81. The van der Waals surface area contributed by atoms with Crippen molar-refractivity contribution < 1.29 is 9.69 Å². The van der Waals surface area contributed by atoms with Gasteiger partial charge in [0.1, 0.15) is 0 Å². The molecule has 1 aliphatic rings. The summed E-state index contributed by atoms with van der Waals surface area (Å²) in [5.74, 6) is 0.0563. The van der Waals surface area contributed by atoms with Gasteiger partial charge in [-0.15, -0.1) is 0 Å². The van der Waals surface area contributed by atoms with Gasteiger partial charge in [-0.05, 0) is 31.1 Å². The van der Waals surface area contributed by atoms with Crippen LogP contribution in [0.1, 0.15) is 23.4 Å². The van der Waals surface area contributed by atoms with Crippen LogP contribution in [-0.2, 0) is 11.8 Å². The Balaban J connectivity index is 1.58. The summed E-state index contributed by atoms with van der Waals surface area (Å²) in [6.07, 6.45) is 3.28. The standard InChI is InChI=1S/C19H24N4O/c1-14-19(15(2)22(3)21-14)20-18(24)13-23-11-9-17(10-12-23)16-7-5-4-6-8-16/h4-9H,10-13H2,1-3H3,(H,20,24)/p+1. The van der Waals surface area contributed by atoms with E-state index in [0.717, 1.165) is 36.6 Å². The molecule has 0 aliphatic carbocycles. The normalized spacial score (nSPS) is 17.5. The summed E-state index contributed by atoms with van der Waals surface area (Å²) >= 11 is 0. The average molecular weight is 325 g/mol. The van der Waals surface area contributed by atoms with Gasteiger partial charge >= 0.3 is 0 Å². The fraction of sp³-hybridized carbons (Fsp3) is 0.368. The maximum Gasteiger partial charge on any atom is 0.279 e. The maximum atomic E-state index is 12.4. The number of benzene rings is 1. The predicted octanol–water partition coefficient (Wildman–Crippen LogP) is 1.35. The molecule has 0 saturated carbocycles. The van der Waals surface area contributed by atoms with Crippen LogP contribution in [0.5, 0.6) is 0 Å². The second-order valence-electron chi connectivity index (χ2n) is 6.44. The van der Waals surface area contributed by atoms with Crippen LogP contribution in [0.15, 0.2) is 36.4 Å². The second-order valence-corrected chi connectivity index (χ2v) is 6.44. The molecular formula is C19H25N4O+. The summed E-state index contributed by atoms with van der Waals surface area (Å²) in [6.45, 7) is 6.26. The number of carbonyl (C=O) groups is 1. The summed E-state index contributed by atoms with van der Waals surface area (Å²) in [4.78, 5) is 13.7. The first kappa shape index (κ1) is 16.5. The summed E-state index contributed by atoms with van der Waals surface area (Å²) < 4.78 is 1.80. The van der Waals surface area contributed by atoms with Crippen molar-refractivity contribution in [3.63, 3.8) is 0 Å². The van der Waals surface area contributed by atoms with E-state index in [0.29, 0.717) is 6.54 Å². The highest BCUT2D eigenvalue weighted by Gasteiger charge is 2.20. The Morgan fingerprint density at radius 3 is 2.62 bits per heavy atom. The lowest BCUT2D eigenvalue weighted by molar-refractivity contribution is -0.886. The van der Waals surface area contributed by atoms with Gasteiger partial charge in [-0.3, -0.25) is 9.48 Å². The molecule has 3 rings (SSSR count). The van der Waals surface area contributed by atoms with Crippen LogP contribution in [0.3, 0.4) is 0 Å². The quantitative estimate of drug-likeness (QED) is 0.891. The van der Waals surface area contributed by atoms with Crippen molar-refractivity contribution in [2.45, 2.75) is 20.3 Å². The van der Waals surface area contributed by atoms with Gasteiger partial charge in [0.25, 0.3) is 5.91 Å². The SMILES string of the molecule is Cc1nn(C)c(C)c1NC(=O)C[NH+]1CC=C(c2ccccc2)CC1. The molecule has 0 saturated heterocycles. The van der Waals surface area contributed by atoms with Gasteiger partial charge in [0, 0.05) is 13.5 Å². The number of quaternary nitrogens is 1. The van der Waals surface area contributed by atoms with Gasteiger partial charge in [-0.25, -0.2) is 0 Å². The lowest BCUT2D eigenvalue weighted by Gasteiger charge is -2.23. The van der Waals surface area contributed by atoms with Gasteiger partial charge < -0.3 is 10.2 Å². The second kappa shape index (κ2) is 7.01. The molecule has 0 bridgehead atoms. The number of anilines is 1. The number of rotatable bonds is 4. The van der Waals surface area contributed by atoms with Crippen molar-refractivity contribution in [2.24, 2.45) is 7.05 Å². The minimum Gasteiger partial charge on any atom is -0.324 e. The van der Waals surface area contributed by atoms with Crippen LogP contribution in [0.25, 0.3) is 5.57 Å². The lowest BCUT2D eigenvalue weighted by atomic mass is 10.00. The number of aromatic nitrogens is 2. The highest BCUT2D eigenvalue weighted by Crippen LogP contribution is 2.19. The number of amides is 1. The third kappa shape index (κ3) is 3.57. The molecule has 1 atom stereocenters. The minimum atomic E-state index is 0.0563. The van der Waals surface area contributed by atoms with Gasteiger partial charge in [0.15, 0.2) is 6.54 Å². The number of hydrogen-bond acceptors (Lipinski definition) is 2. The van der Waals surface area contributed by atoms with E-state index in [2.05, 4.69) is 40.8 Å². The smallest absolute Gasteiger partial charge is 0.279 e. The fourth-order valence-electron chi connectivity index (χ4n) is 3.22. The van der Waals surface area contributed by atoms with Crippen molar-refractivity contribution in [3.05, 3.63) is 53.4 Å². The van der Waals surface area contributed by atoms with E-state index in [9.17, 15) is 4.79 Å². The van der Waals surface area contributed by atoms with Crippen LogP contribution >= 0.6 is 0 Å². The van der Waals surface area contributed by atoms with E-state index in [4.69, 9.17) is 0 Å². The molecule has 1 aromatic carbocycles. The van der Waals surface area contributed by atoms with Crippen molar-refractivity contribution in [3.8, 4) is 0 Å². The highest BCUT2D eigenvalue weighted by atomic mass is 16.2. The maximum absolute atomic E-state index is 12.4. The van der Waals surface area contributed by atoms with Crippen molar-refractivity contribution in [1.82, 2.24) is 9.78 Å². The Morgan fingerprint density at radius 1 is 1.29 bits per heavy atom. The van der Waals surface area contributed by atoms with Crippen LogP contribution in [0.2, 0.25) is 0 Å². The molecule has 2 heterocycles. The molecule has 5 heteroatoms. The third-order valence-corrected chi connectivity index (χ3v) is 4.71. The molecule has 1 unspecified atom stereocenters. The van der Waals surface area contributed by atoms with Crippen LogP contribution in [0.4, 0.5) is 5.69 Å². The zero-order valence-electron chi connectivity index (χ0n) is 14.6. The molecule has 0 radical (unpaired) electrons. The predicted molar refractivity (Wildman–Crippen MR) is 95.9 cm³/mol. The van der Waals surface area contributed by atoms with E-state index in [1.165, 1.54) is 16.0 Å². The molecule has 1 amide bonds. The fourth-order valence-corrected chi connectivity index (χ4v) is 3.22. The van der Waals surface area contributed by atoms with E-state index in [-0.39, 0.29) is 5.91 Å². The Labute approximate surface area is 143 Å². The first-order valence-electron chi connectivity index (χ1n) is 8.42. The first-order chi connectivity index (χ1) is 11.5. The number of nitrogens with one attached hydrogen (secondary N) is 2. The Morgan fingerprint density at radius 2 is 2.04 bits per heavy atom. The lowest BCUT2D eigenvalue weighted by Crippen LogP contribution is -3.13. The molecule has 24 heavy (non-hydrogen) atoms. The van der Waals surface area contributed by atoms with Gasteiger partial charge in [-0.1, -0.05) is 30.3 Å². The largest absolute Gasteiger partial charge is 0.324 e. The number of hydrogen-bond donors (Lipinski definition) is 2.